The molecule has 1 aromatic heterocycles. The molecule has 1 saturated carbocycles. The minimum atomic E-state index is -3.13. The van der Waals surface area contributed by atoms with Crippen LogP contribution in [0, 0.1) is 0 Å². The predicted molar refractivity (Wildman–Crippen MR) is 119 cm³/mol. The number of rotatable bonds is 8. The van der Waals surface area contributed by atoms with Gasteiger partial charge in [-0.3, -0.25) is 4.79 Å². The summed E-state index contributed by atoms with van der Waals surface area (Å²) < 4.78 is 34.6. The van der Waals surface area contributed by atoms with Gasteiger partial charge in [0, 0.05) is 17.8 Å². The van der Waals surface area contributed by atoms with Gasteiger partial charge in [0.25, 0.3) is 5.91 Å². The second-order valence-corrected chi connectivity index (χ2v) is 10.6. The lowest BCUT2D eigenvalue weighted by Crippen LogP contribution is -2.48. The fraction of sp³-hybridized carbons (Fsp3) is 0.478. The molecule has 2 aliphatic rings. The highest BCUT2D eigenvalue weighted by molar-refractivity contribution is 7.91. The van der Waals surface area contributed by atoms with E-state index in [1.807, 2.05) is 6.07 Å². The lowest BCUT2D eigenvalue weighted by atomic mass is 10.1. The van der Waals surface area contributed by atoms with Gasteiger partial charge in [-0.15, -0.1) is 0 Å². The van der Waals surface area contributed by atoms with Crippen LogP contribution in [0.5, 0.6) is 0 Å². The molecule has 0 spiro atoms. The van der Waals surface area contributed by atoms with Gasteiger partial charge in [-0.05, 0) is 43.5 Å². The van der Waals surface area contributed by atoms with Crippen LogP contribution in [0.4, 0.5) is 5.69 Å². The molecule has 1 amide bonds. The summed E-state index contributed by atoms with van der Waals surface area (Å²) in [5.41, 5.74) is 0.901. The summed E-state index contributed by atoms with van der Waals surface area (Å²) in [7, 11) is -3.13. The van der Waals surface area contributed by atoms with Crippen LogP contribution in [0.3, 0.4) is 0 Å². The number of esters is 1. The Hall–Kier alpha value is -2.81. The Morgan fingerprint density at radius 1 is 1.06 bits per heavy atom. The summed E-state index contributed by atoms with van der Waals surface area (Å²) in [6, 6.07) is 10.2. The minimum Gasteiger partial charge on any atom is -0.467 e. The highest BCUT2D eigenvalue weighted by atomic mass is 32.2. The van der Waals surface area contributed by atoms with E-state index >= 15 is 0 Å². The standard InChI is InChI=1S/C23H28N2O6S/c26-22(25(17-6-1-2-7-17)18-11-13-32(28,29)16-18)15-31-23(27)20-9-3-4-10-21(20)24-14-19-8-5-12-30-19/h3-5,8-10,12,17-18,24H,1-2,6-7,11,13-16H2. The average Bonchev–Trinajstić information content (AvgIpc) is 3.54. The third kappa shape index (κ3) is 5.32. The monoisotopic (exact) mass is 460 g/mol. The number of carbonyl (C=O) groups is 2. The van der Waals surface area contributed by atoms with Gasteiger partial charge in [-0.1, -0.05) is 25.0 Å². The van der Waals surface area contributed by atoms with Crippen molar-refractivity contribution in [1.82, 2.24) is 4.90 Å². The molecule has 2 heterocycles. The van der Waals surface area contributed by atoms with Crippen LogP contribution in [0.2, 0.25) is 0 Å². The van der Waals surface area contributed by atoms with E-state index in [2.05, 4.69) is 5.32 Å². The van der Waals surface area contributed by atoms with Crippen LogP contribution in [-0.2, 0) is 25.9 Å². The summed E-state index contributed by atoms with van der Waals surface area (Å²) in [6.07, 6.45) is 5.77. The van der Waals surface area contributed by atoms with Crippen molar-refractivity contribution in [1.29, 1.82) is 0 Å². The molecule has 32 heavy (non-hydrogen) atoms. The first-order valence-corrected chi connectivity index (χ1v) is 12.8. The number of amides is 1. The van der Waals surface area contributed by atoms with E-state index in [-0.39, 0.29) is 29.5 Å². The highest BCUT2D eigenvalue weighted by Gasteiger charge is 2.39. The van der Waals surface area contributed by atoms with E-state index in [1.165, 1.54) is 0 Å². The van der Waals surface area contributed by atoms with Crippen molar-refractivity contribution in [3.05, 3.63) is 54.0 Å². The van der Waals surface area contributed by atoms with Crippen LogP contribution in [0.15, 0.2) is 47.1 Å². The Morgan fingerprint density at radius 2 is 1.84 bits per heavy atom. The second-order valence-electron chi connectivity index (χ2n) is 8.35. The number of carbonyl (C=O) groups excluding carboxylic acids is 2. The highest BCUT2D eigenvalue weighted by Crippen LogP contribution is 2.29. The quantitative estimate of drug-likeness (QED) is 0.604. The molecular weight excluding hydrogens is 432 g/mol. The van der Waals surface area contributed by atoms with Gasteiger partial charge in [0.05, 0.1) is 29.9 Å². The Morgan fingerprint density at radius 3 is 2.53 bits per heavy atom. The number of hydrogen-bond acceptors (Lipinski definition) is 7. The fourth-order valence-corrected chi connectivity index (χ4v) is 6.28. The van der Waals surface area contributed by atoms with Gasteiger partial charge >= 0.3 is 5.97 Å². The van der Waals surface area contributed by atoms with E-state index in [9.17, 15) is 18.0 Å². The summed E-state index contributed by atoms with van der Waals surface area (Å²) in [5.74, 6) is -0.118. The topological polar surface area (TPSA) is 106 Å². The molecule has 9 heteroatoms. The SMILES string of the molecule is O=C(OCC(=O)N(C1CCCC1)C1CCS(=O)(=O)C1)c1ccccc1NCc1ccco1. The van der Waals surface area contributed by atoms with Gasteiger partial charge in [-0.25, -0.2) is 13.2 Å². The lowest BCUT2D eigenvalue weighted by Gasteiger charge is -2.33. The van der Waals surface area contributed by atoms with Crippen molar-refractivity contribution in [3.8, 4) is 0 Å². The maximum absolute atomic E-state index is 13.1. The number of furan rings is 1. The molecular formula is C23H28N2O6S. The fourth-order valence-electron chi connectivity index (χ4n) is 4.57. The lowest BCUT2D eigenvalue weighted by molar-refractivity contribution is -0.139. The largest absolute Gasteiger partial charge is 0.467 e. The van der Waals surface area contributed by atoms with Crippen LogP contribution in [0.25, 0.3) is 0 Å². The van der Waals surface area contributed by atoms with Gasteiger partial charge in [0.15, 0.2) is 16.4 Å². The van der Waals surface area contributed by atoms with Crippen molar-refractivity contribution >= 4 is 27.4 Å². The molecule has 0 bridgehead atoms. The molecule has 1 saturated heterocycles. The van der Waals surface area contributed by atoms with Crippen LogP contribution in [-0.4, -0.2) is 55.4 Å². The van der Waals surface area contributed by atoms with E-state index in [0.29, 0.717) is 24.2 Å². The predicted octanol–water partition coefficient (Wildman–Crippen LogP) is 3.01. The molecule has 172 valence electrons. The molecule has 2 aromatic rings. The smallest absolute Gasteiger partial charge is 0.340 e. The van der Waals surface area contributed by atoms with Crippen molar-refractivity contribution in [3.63, 3.8) is 0 Å². The number of nitrogens with zero attached hydrogens (tertiary/aromatic N) is 1. The molecule has 2 fully saturated rings. The summed E-state index contributed by atoms with van der Waals surface area (Å²) >= 11 is 0. The second kappa shape index (κ2) is 9.77. The van der Waals surface area contributed by atoms with Gasteiger partial charge in [-0.2, -0.15) is 0 Å². The molecule has 1 aliphatic carbocycles. The number of sulfone groups is 1. The van der Waals surface area contributed by atoms with E-state index in [1.54, 1.807) is 41.5 Å². The number of para-hydroxylation sites is 1. The average molecular weight is 461 g/mol. The Kier molecular flexibility index (Phi) is 6.83. The molecule has 0 radical (unpaired) electrons. The maximum Gasteiger partial charge on any atom is 0.340 e. The summed E-state index contributed by atoms with van der Waals surface area (Å²) in [4.78, 5) is 27.5. The zero-order valence-electron chi connectivity index (χ0n) is 17.9. The number of anilines is 1. The maximum atomic E-state index is 13.1. The first-order chi connectivity index (χ1) is 15.4. The zero-order chi connectivity index (χ0) is 22.6. The van der Waals surface area contributed by atoms with Gasteiger partial charge < -0.3 is 19.4 Å². The van der Waals surface area contributed by atoms with Gasteiger partial charge in [0.1, 0.15) is 5.76 Å². The minimum absolute atomic E-state index is 0.0112. The van der Waals surface area contributed by atoms with Crippen LogP contribution >= 0.6 is 0 Å². The van der Waals surface area contributed by atoms with E-state index in [4.69, 9.17) is 9.15 Å². The first kappa shape index (κ1) is 22.4. The van der Waals surface area contributed by atoms with Crippen molar-refractivity contribution in [2.24, 2.45) is 0 Å². The number of hydrogen-bond donors (Lipinski definition) is 1. The van der Waals surface area contributed by atoms with Crippen molar-refractivity contribution < 1.29 is 27.2 Å². The van der Waals surface area contributed by atoms with E-state index in [0.717, 1.165) is 31.4 Å². The molecule has 4 rings (SSSR count). The van der Waals surface area contributed by atoms with Crippen LogP contribution in [0.1, 0.15) is 48.2 Å². The molecule has 1 N–H and O–H groups in total. The Balaban J connectivity index is 1.40. The van der Waals surface area contributed by atoms with Gasteiger partial charge in [0.2, 0.25) is 0 Å². The summed E-state index contributed by atoms with van der Waals surface area (Å²) in [6.45, 7) is 0.000233. The molecule has 1 aromatic carbocycles. The van der Waals surface area contributed by atoms with E-state index < -0.39 is 22.4 Å². The van der Waals surface area contributed by atoms with Crippen molar-refractivity contribution in [2.45, 2.75) is 50.7 Å². The summed E-state index contributed by atoms with van der Waals surface area (Å²) in [5, 5.41) is 3.15. The van der Waals surface area contributed by atoms with Crippen molar-refractivity contribution in [2.75, 3.05) is 23.4 Å². The third-order valence-corrected chi connectivity index (χ3v) is 7.87. The molecule has 1 unspecified atom stereocenters. The Bertz CT molecular complexity index is 1040. The van der Waals surface area contributed by atoms with Crippen LogP contribution < -0.4 is 5.32 Å². The molecule has 1 aliphatic heterocycles. The first-order valence-electron chi connectivity index (χ1n) is 11.0. The number of nitrogens with one attached hydrogen (secondary N) is 1. The normalized spacial score (nSPS) is 20.2. The number of benzene rings is 1. The molecule has 1 atom stereocenters. The number of ether oxygens (including phenoxy) is 1. The molecule has 8 nitrogen and oxygen atoms in total. The zero-order valence-corrected chi connectivity index (χ0v) is 18.7. The third-order valence-electron chi connectivity index (χ3n) is 6.11. The Labute approximate surface area is 187 Å².